The number of rotatable bonds is 1. The number of nitrogens with zero attached hydrogens (tertiary/aromatic N) is 3. The van der Waals surface area contributed by atoms with E-state index >= 15 is 0 Å². The second-order valence-electron chi connectivity index (χ2n) is 4.63. The fourth-order valence-electron chi connectivity index (χ4n) is 2.50. The van der Waals surface area contributed by atoms with Crippen molar-refractivity contribution >= 4 is 22.9 Å². The largest absolute Gasteiger partial charge is 0.369 e. The molecule has 1 aromatic carbocycles. The Morgan fingerprint density at radius 2 is 2.16 bits per heavy atom. The number of amides is 1. The SMILES string of the molecule is CN1CCC(n2c(N)nc3ccc(F)c(F)c32)C1=O. The Hall–Kier alpha value is -2.18. The molecule has 0 radical (unpaired) electrons. The Labute approximate surface area is 107 Å². The van der Waals surface area contributed by atoms with Crippen molar-refractivity contribution in [2.24, 2.45) is 0 Å². The maximum absolute atomic E-state index is 13.9. The fourth-order valence-corrected chi connectivity index (χ4v) is 2.50. The number of nitrogens with two attached hydrogens (primary N) is 1. The van der Waals surface area contributed by atoms with Crippen molar-refractivity contribution in [2.75, 3.05) is 19.3 Å². The molecule has 0 aliphatic carbocycles. The van der Waals surface area contributed by atoms with Crippen LogP contribution in [0.2, 0.25) is 0 Å². The van der Waals surface area contributed by atoms with Crippen molar-refractivity contribution in [1.29, 1.82) is 0 Å². The number of hydrogen-bond donors (Lipinski definition) is 1. The molecule has 1 unspecified atom stereocenters. The lowest BCUT2D eigenvalue weighted by Crippen LogP contribution is -2.25. The molecule has 7 heteroatoms. The van der Waals surface area contributed by atoms with Crippen molar-refractivity contribution in [3.8, 4) is 0 Å². The Bertz CT molecular complexity index is 682. The van der Waals surface area contributed by atoms with Gasteiger partial charge in [-0.15, -0.1) is 0 Å². The monoisotopic (exact) mass is 266 g/mol. The van der Waals surface area contributed by atoms with E-state index in [1.165, 1.54) is 15.5 Å². The van der Waals surface area contributed by atoms with E-state index in [1.807, 2.05) is 0 Å². The predicted molar refractivity (Wildman–Crippen MR) is 65.4 cm³/mol. The van der Waals surface area contributed by atoms with E-state index in [-0.39, 0.29) is 22.9 Å². The number of carbonyl (C=O) groups is 1. The standard InChI is InChI=1S/C12H12F2N4O/c1-17-5-4-8(11(17)19)18-10-7(16-12(18)15)3-2-6(13)9(10)14/h2-3,8H,4-5H2,1H3,(H2,15,16). The lowest BCUT2D eigenvalue weighted by atomic mass is 10.2. The van der Waals surface area contributed by atoms with Crippen molar-refractivity contribution < 1.29 is 13.6 Å². The number of likely N-dealkylation sites (N-methyl/N-ethyl adjacent to an activating group) is 1. The maximum Gasteiger partial charge on any atom is 0.245 e. The van der Waals surface area contributed by atoms with Crippen LogP contribution < -0.4 is 5.73 Å². The summed E-state index contributed by atoms with van der Waals surface area (Å²) in [5.41, 5.74) is 5.95. The molecule has 2 heterocycles. The average molecular weight is 266 g/mol. The zero-order valence-corrected chi connectivity index (χ0v) is 10.2. The van der Waals surface area contributed by atoms with E-state index in [1.54, 1.807) is 7.05 Å². The van der Waals surface area contributed by atoms with Gasteiger partial charge in [-0.1, -0.05) is 0 Å². The van der Waals surface area contributed by atoms with Gasteiger partial charge in [-0.2, -0.15) is 0 Å². The molecule has 0 bridgehead atoms. The van der Waals surface area contributed by atoms with E-state index in [2.05, 4.69) is 4.98 Å². The lowest BCUT2D eigenvalue weighted by Gasteiger charge is -2.14. The van der Waals surface area contributed by atoms with Crippen molar-refractivity contribution in [3.05, 3.63) is 23.8 Å². The lowest BCUT2D eigenvalue weighted by molar-refractivity contribution is -0.129. The molecular formula is C12H12F2N4O. The number of halogens is 2. The Balaban J connectivity index is 2.26. The second kappa shape index (κ2) is 3.91. The minimum Gasteiger partial charge on any atom is -0.369 e. The highest BCUT2D eigenvalue weighted by atomic mass is 19.2. The molecule has 1 aromatic heterocycles. The summed E-state index contributed by atoms with van der Waals surface area (Å²) in [5, 5.41) is 0. The van der Waals surface area contributed by atoms with Crippen LogP contribution in [0.25, 0.3) is 11.0 Å². The maximum atomic E-state index is 13.9. The van der Waals surface area contributed by atoms with Crippen LogP contribution in [0.5, 0.6) is 0 Å². The molecule has 1 atom stereocenters. The number of imidazole rings is 1. The summed E-state index contributed by atoms with van der Waals surface area (Å²) in [7, 11) is 1.66. The predicted octanol–water partition coefficient (Wildman–Crippen LogP) is 1.30. The number of likely N-dealkylation sites (tertiary alicyclic amines) is 1. The molecule has 0 saturated carbocycles. The number of anilines is 1. The van der Waals surface area contributed by atoms with Gasteiger partial charge in [0.05, 0.1) is 5.52 Å². The van der Waals surface area contributed by atoms with E-state index < -0.39 is 17.7 Å². The topological polar surface area (TPSA) is 64.2 Å². The Kier molecular flexibility index (Phi) is 2.44. The number of fused-ring (bicyclic) bond motifs is 1. The third kappa shape index (κ3) is 1.57. The number of carbonyl (C=O) groups excluding carboxylic acids is 1. The summed E-state index contributed by atoms with van der Waals surface area (Å²) in [6.07, 6.45) is 0.501. The van der Waals surface area contributed by atoms with Gasteiger partial charge in [0.1, 0.15) is 11.6 Å². The highest BCUT2D eigenvalue weighted by molar-refractivity contribution is 5.87. The van der Waals surface area contributed by atoms with Crippen molar-refractivity contribution in [3.63, 3.8) is 0 Å². The van der Waals surface area contributed by atoms with Gasteiger partial charge in [-0.3, -0.25) is 9.36 Å². The number of aromatic nitrogens is 2. The summed E-state index contributed by atoms with van der Waals surface area (Å²) < 4.78 is 28.6. The summed E-state index contributed by atoms with van der Waals surface area (Å²) in [5.74, 6) is -2.15. The van der Waals surface area contributed by atoms with Crippen LogP contribution in [0.15, 0.2) is 12.1 Å². The van der Waals surface area contributed by atoms with Crippen LogP contribution in [0.1, 0.15) is 12.5 Å². The third-order valence-corrected chi connectivity index (χ3v) is 3.48. The van der Waals surface area contributed by atoms with Gasteiger partial charge < -0.3 is 10.6 Å². The van der Waals surface area contributed by atoms with Gasteiger partial charge in [0.25, 0.3) is 0 Å². The van der Waals surface area contributed by atoms with E-state index in [0.29, 0.717) is 13.0 Å². The van der Waals surface area contributed by atoms with Gasteiger partial charge >= 0.3 is 0 Å². The number of nitrogen functional groups attached to an aromatic ring is 1. The van der Waals surface area contributed by atoms with Crippen LogP contribution in [-0.2, 0) is 4.79 Å². The van der Waals surface area contributed by atoms with Crippen LogP contribution >= 0.6 is 0 Å². The van der Waals surface area contributed by atoms with Crippen LogP contribution in [0, 0.1) is 11.6 Å². The second-order valence-corrected chi connectivity index (χ2v) is 4.63. The molecule has 5 nitrogen and oxygen atoms in total. The molecule has 0 spiro atoms. The van der Waals surface area contributed by atoms with Crippen LogP contribution in [0.4, 0.5) is 14.7 Å². The number of benzene rings is 1. The van der Waals surface area contributed by atoms with Gasteiger partial charge in [-0.05, 0) is 18.6 Å². The first-order chi connectivity index (χ1) is 9.00. The first-order valence-corrected chi connectivity index (χ1v) is 5.87. The molecule has 1 aliphatic heterocycles. The molecule has 2 N–H and O–H groups in total. The highest BCUT2D eigenvalue weighted by Crippen LogP contribution is 2.31. The fraction of sp³-hybridized carbons (Fsp3) is 0.333. The molecule has 1 aliphatic rings. The van der Waals surface area contributed by atoms with Crippen LogP contribution in [-0.4, -0.2) is 34.0 Å². The molecule has 1 saturated heterocycles. The summed E-state index contributed by atoms with van der Waals surface area (Å²) in [6, 6.07) is 1.73. The Morgan fingerprint density at radius 1 is 1.42 bits per heavy atom. The van der Waals surface area contributed by atoms with E-state index in [4.69, 9.17) is 5.73 Å². The van der Waals surface area contributed by atoms with Gasteiger partial charge in [0.15, 0.2) is 11.6 Å². The summed E-state index contributed by atoms with van der Waals surface area (Å²) in [6.45, 7) is 0.555. The molecule has 2 aromatic rings. The minimum atomic E-state index is -1.02. The summed E-state index contributed by atoms with van der Waals surface area (Å²) in [4.78, 5) is 17.5. The third-order valence-electron chi connectivity index (χ3n) is 3.48. The average Bonchev–Trinajstić information content (AvgIpc) is 2.86. The van der Waals surface area contributed by atoms with Gasteiger partial charge in [0, 0.05) is 13.6 Å². The van der Waals surface area contributed by atoms with Crippen molar-refractivity contribution in [2.45, 2.75) is 12.5 Å². The molecule has 1 fully saturated rings. The molecular weight excluding hydrogens is 254 g/mol. The van der Waals surface area contributed by atoms with E-state index in [0.717, 1.165) is 6.07 Å². The molecule has 1 amide bonds. The van der Waals surface area contributed by atoms with Gasteiger partial charge in [-0.25, -0.2) is 13.8 Å². The molecule has 100 valence electrons. The highest BCUT2D eigenvalue weighted by Gasteiger charge is 2.34. The smallest absolute Gasteiger partial charge is 0.245 e. The van der Waals surface area contributed by atoms with Crippen LogP contribution in [0.3, 0.4) is 0 Å². The molecule has 19 heavy (non-hydrogen) atoms. The first-order valence-electron chi connectivity index (χ1n) is 5.87. The normalized spacial score (nSPS) is 19.6. The molecule has 3 rings (SSSR count). The minimum absolute atomic E-state index is 0.0214. The first kappa shape index (κ1) is 11.9. The summed E-state index contributed by atoms with van der Waals surface area (Å²) >= 11 is 0. The van der Waals surface area contributed by atoms with Gasteiger partial charge in [0.2, 0.25) is 11.9 Å². The Morgan fingerprint density at radius 3 is 2.79 bits per heavy atom. The number of hydrogen-bond acceptors (Lipinski definition) is 3. The quantitative estimate of drug-likeness (QED) is 0.846. The van der Waals surface area contributed by atoms with E-state index in [9.17, 15) is 13.6 Å². The van der Waals surface area contributed by atoms with Crippen molar-refractivity contribution in [1.82, 2.24) is 14.5 Å². The zero-order chi connectivity index (χ0) is 13.7. The zero-order valence-electron chi connectivity index (χ0n) is 10.2.